The smallest absolute Gasteiger partial charge is 0.135 e. The second kappa shape index (κ2) is 4.09. The summed E-state index contributed by atoms with van der Waals surface area (Å²) in [7, 11) is 2.19. The van der Waals surface area contributed by atoms with E-state index >= 15 is 0 Å². The average Bonchev–Trinajstić information content (AvgIpc) is 2.28. The summed E-state index contributed by atoms with van der Waals surface area (Å²) in [5, 5.41) is 0. The molecule has 2 atom stereocenters. The first-order valence-corrected chi connectivity index (χ1v) is 5.86. The van der Waals surface area contributed by atoms with E-state index in [1.54, 1.807) is 12.7 Å². The average molecular weight is 220 g/mol. The van der Waals surface area contributed by atoms with E-state index in [0.717, 1.165) is 18.8 Å². The molecule has 1 aliphatic heterocycles. The molecule has 4 nitrogen and oxygen atoms in total. The Kier molecular flexibility index (Phi) is 2.93. The highest BCUT2D eigenvalue weighted by Gasteiger charge is 2.41. The molecule has 0 N–H and O–H groups in total. The molecule has 1 aliphatic rings. The minimum atomic E-state index is 0.204. The molecule has 2 unspecified atom stereocenters. The zero-order valence-corrected chi connectivity index (χ0v) is 10.5. The third kappa shape index (κ3) is 1.82. The van der Waals surface area contributed by atoms with Gasteiger partial charge in [0.05, 0.1) is 0 Å². The fourth-order valence-corrected chi connectivity index (χ4v) is 2.50. The number of nitrogens with zero attached hydrogens (tertiary/aromatic N) is 4. The fourth-order valence-electron chi connectivity index (χ4n) is 2.50. The Morgan fingerprint density at radius 1 is 1.31 bits per heavy atom. The van der Waals surface area contributed by atoms with Gasteiger partial charge in [-0.3, -0.25) is 0 Å². The highest BCUT2D eigenvalue weighted by molar-refractivity contribution is 5.05. The SMILES string of the molecule is CC1C(c2ncncn2)CCN(C)C1(C)C. The Labute approximate surface area is 97.1 Å². The van der Waals surface area contributed by atoms with Crippen LogP contribution in [0.4, 0.5) is 0 Å². The van der Waals surface area contributed by atoms with Crippen molar-refractivity contribution in [2.24, 2.45) is 5.92 Å². The summed E-state index contributed by atoms with van der Waals surface area (Å²) in [6, 6.07) is 0. The highest BCUT2D eigenvalue weighted by Crippen LogP contribution is 2.40. The quantitative estimate of drug-likeness (QED) is 0.722. The van der Waals surface area contributed by atoms with Crippen molar-refractivity contribution in [1.82, 2.24) is 19.9 Å². The lowest BCUT2D eigenvalue weighted by atomic mass is 9.73. The van der Waals surface area contributed by atoms with Crippen molar-refractivity contribution in [3.05, 3.63) is 18.5 Å². The van der Waals surface area contributed by atoms with Crippen LogP contribution in [0.3, 0.4) is 0 Å². The maximum absolute atomic E-state index is 4.30. The summed E-state index contributed by atoms with van der Waals surface area (Å²) in [6.07, 6.45) is 4.33. The molecule has 88 valence electrons. The van der Waals surface area contributed by atoms with Gasteiger partial charge in [-0.2, -0.15) is 0 Å². The van der Waals surface area contributed by atoms with E-state index in [0.29, 0.717) is 11.8 Å². The van der Waals surface area contributed by atoms with Crippen molar-refractivity contribution in [3.8, 4) is 0 Å². The lowest BCUT2D eigenvalue weighted by Crippen LogP contribution is -2.53. The van der Waals surface area contributed by atoms with Crippen molar-refractivity contribution in [2.45, 2.75) is 38.6 Å². The van der Waals surface area contributed by atoms with Gasteiger partial charge in [0.2, 0.25) is 0 Å². The Bertz CT molecular complexity index is 349. The fraction of sp³-hybridized carbons (Fsp3) is 0.750. The van der Waals surface area contributed by atoms with Gasteiger partial charge < -0.3 is 4.90 Å². The topological polar surface area (TPSA) is 41.9 Å². The zero-order valence-electron chi connectivity index (χ0n) is 10.5. The number of likely N-dealkylation sites (tertiary alicyclic amines) is 1. The molecule has 0 aromatic carbocycles. The summed E-state index contributed by atoms with van der Waals surface area (Å²) >= 11 is 0. The maximum Gasteiger partial charge on any atom is 0.135 e. The van der Waals surface area contributed by atoms with E-state index in [-0.39, 0.29) is 5.54 Å². The van der Waals surface area contributed by atoms with Crippen LogP contribution in [0.15, 0.2) is 12.7 Å². The van der Waals surface area contributed by atoms with E-state index < -0.39 is 0 Å². The monoisotopic (exact) mass is 220 g/mol. The molecular weight excluding hydrogens is 200 g/mol. The van der Waals surface area contributed by atoms with Gasteiger partial charge in [0, 0.05) is 11.5 Å². The summed E-state index contributed by atoms with van der Waals surface area (Å²) in [5.74, 6) is 1.95. The van der Waals surface area contributed by atoms with Gasteiger partial charge >= 0.3 is 0 Å². The third-order valence-electron chi connectivity index (χ3n) is 4.32. The molecule has 0 saturated carbocycles. The Balaban J connectivity index is 2.25. The van der Waals surface area contributed by atoms with Gasteiger partial charge in [-0.05, 0) is 39.8 Å². The zero-order chi connectivity index (χ0) is 11.8. The number of hydrogen-bond donors (Lipinski definition) is 0. The standard InChI is InChI=1S/C12H20N4/c1-9-10(11-14-7-13-8-15-11)5-6-16(4)12(9,2)3/h7-10H,5-6H2,1-4H3. The lowest BCUT2D eigenvalue weighted by Gasteiger charge is -2.48. The molecule has 0 spiro atoms. The molecule has 0 radical (unpaired) electrons. The number of hydrogen-bond acceptors (Lipinski definition) is 4. The largest absolute Gasteiger partial charge is 0.301 e. The van der Waals surface area contributed by atoms with Gasteiger partial charge in [0.1, 0.15) is 18.5 Å². The third-order valence-corrected chi connectivity index (χ3v) is 4.32. The van der Waals surface area contributed by atoms with E-state index in [1.165, 1.54) is 0 Å². The normalized spacial score (nSPS) is 30.2. The van der Waals surface area contributed by atoms with Crippen LogP contribution in [0.1, 0.15) is 38.9 Å². The predicted molar refractivity (Wildman–Crippen MR) is 63.1 cm³/mol. The van der Waals surface area contributed by atoms with Crippen molar-refractivity contribution in [1.29, 1.82) is 0 Å². The van der Waals surface area contributed by atoms with Gasteiger partial charge in [-0.15, -0.1) is 0 Å². The molecule has 4 heteroatoms. The van der Waals surface area contributed by atoms with Gasteiger partial charge in [-0.1, -0.05) is 6.92 Å². The van der Waals surface area contributed by atoms with Crippen LogP contribution in [0.2, 0.25) is 0 Å². The van der Waals surface area contributed by atoms with Crippen LogP contribution in [0.5, 0.6) is 0 Å². The summed E-state index contributed by atoms with van der Waals surface area (Å²) in [6.45, 7) is 7.99. The summed E-state index contributed by atoms with van der Waals surface area (Å²) < 4.78 is 0. The van der Waals surface area contributed by atoms with Crippen molar-refractivity contribution in [2.75, 3.05) is 13.6 Å². The molecule has 1 saturated heterocycles. The van der Waals surface area contributed by atoms with Crippen LogP contribution in [-0.4, -0.2) is 39.0 Å². The first-order chi connectivity index (χ1) is 7.53. The number of rotatable bonds is 1. The molecule has 0 aliphatic carbocycles. The van der Waals surface area contributed by atoms with Gasteiger partial charge in [0.25, 0.3) is 0 Å². The van der Waals surface area contributed by atoms with Crippen molar-refractivity contribution in [3.63, 3.8) is 0 Å². The molecule has 1 fully saturated rings. The van der Waals surface area contributed by atoms with Crippen LogP contribution < -0.4 is 0 Å². The lowest BCUT2D eigenvalue weighted by molar-refractivity contribution is 0.0363. The Morgan fingerprint density at radius 3 is 2.56 bits per heavy atom. The molecular formula is C12H20N4. The molecule has 2 heterocycles. The van der Waals surface area contributed by atoms with Crippen molar-refractivity contribution >= 4 is 0 Å². The first kappa shape index (κ1) is 11.5. The van der Waals surface area contributed by atoms with Gasteiger partial charge in [0.15, 0.2) is 0 Å². The highest BCUT2D eigenvalue weighted by atomic mass is 15.2. The number of aromatic nitrogens is 3. The van der Waals surface area contributed by atoms with Crippen LogP contribution in [0.25, 0.3) is 0 Å². The van der Waals surface area contributed by atoms with Crippen LogP contribution in [-0.2, 0) is 0 Å². The summed E-state index contributed by atoms with van der Waals surface area (Å²) in [5.41, 5.74) is 0.204. The molecule has 16 heavy (non-hydrogen) atoms. The maximum atomic E-state index is 4.30. The van der Waals surface area contributed by atoms with E-state index in [2.05, 4.69) is 47.7 Å². The second-order valence-corrected chi connectivity index (χ2v) is 5.26. The first-order valence-electron chi connectivity index (χ1n) is 5.86. The molecule has 1 aromatic rings. The molecule has 0 bridgehead atoms. The van der Waals surface area contributed by atoms with Crippen molar-refractivity contribution < 1.29 is 0 Å². The summed E-state index contributed by atoms with van der Waals surface area (Å²) in [4.78, 5) is 14.9. The van der Waals surface area contributed by atoms with E-state index in [9.17, 15) is 0 Å². The van der Waals surface area contributed by atoms with E-state index in [1.807, 2.05) is 0 Å². The van der Waals surface area contributed by atoms with Gasteiger partial charge in [-0.25, -0.2) is 15.0 Å². The number of piperidine rings is 1. The molecule has 2 rings (SSSR count). The Morgan fingerprint density at radius 2 is 1.94 bits per heavy atom. The predicted octanol–water partition coefficient (Wildman–Crippen LogP) is 1.71. The van der Waals surface area contributed by atoms with E-state index in [4.69, 9.17) is 0 Å². The molecule has 0 amide bonds. The Hall–Kier alpha value is -1.03. The van der Waals surface area contributed by atoms with Crippen LogP contribution in [0, 0.1) is 5.92 Å². The second-order valence-electron chi connectivity index (χ2n) is 5.26. The minimum absolute atomic E-state index is 0.204. The minimum Gasteiger partial charge on any atom is -0.301 e. The van der Waals surface area contributed by atoms with Crippen LogP contribution >= 0.6 is 0 Å². The molecule has 1 aromatic heterocycles.